The molecule has 0 spiro atoms. The molecular weight excluding hydrogens is 224 g/mol. The highest BCUT2D eigenvalue weighted by molar-refractivity contribution is 5.77. The van der Waals surface area contributed by atoms with Crippen LogP contribution in [0.15, 0.2) is 22.6 Å². The van der Waals surface area contributed by atoms with Gasteiger partial charge in [0.25, 0.3) is 0 Å². The van der Waals surface area contributed by atoms with Crippen molar-refractivity contribution in [3.63, 3.8) is 0 Å². The number of oxazole rings is 1. The van der Waals surface area contributed by atoms with Crippen LogP contribution in [0.25, 0.3) is 11.1 Å². The summed E-state index contributed by atoms with van der Waals surface area (Å²) in [6, 6.07) is 6.11. The van der Waals surface area contributed by atoms with Crippen molar-refractivity contribution < 1.29 is 4.42 Å². The van der Waals surface area contributed by atoms with Crippen molar-refractivity contribution in [1.29, 1.82) is 0 Å². The number of nitrogens with zero attached hydrogens (tertiary/aromatic N) is 1. The van der Waals surface area contributed by atoms with Crippen molar-refractivity contribution in [3.05, 3.63) is 24.1 Å². The molecule has 2 rings (SSSR count). The van der Waals surface area contributed by atoms with Crippen molar-refractivity contribution in [1.82, 2.24) is 4.98 Å². The fourth-order valence-electron chi connectivity index (χ4n) is 1.81. The summed E-state index contributed by atoms with van der Waals surface area (Å²) in [5, 5.41) is 3.42. The summed E-state index contributed by atoms with van der Waals surface area (Å²) in [4.78, 5) is 4.51. The van der Waals surface area contributed by atoms with Gasteiger partial charge in [-0.15, -0.1) is 0 Å². The maximum atomic E-state index is 5.69. The maximum absolute atomic E-state index is 5.69. The lowest BCUT2D eigenvalue weighted by atomic mass is 10.1. The van der Waals surface area contributed by atoms with E-state index in [-0.39, 0.29) is 0 Å². The average Bonchev–Trinajstić information content (AvgIpc) is 2.71. The second-order valence-electron chi connectivity index (χ2n) is 5.50. The monoisotopic (exact) mass is 246 g/mol. The average molecular weight is 246 g/mol. The first-order chi connectivity index (χ1) is 8.56. The molecule has 0 aliphatic heterocycles. The number of anilines is 1. The molecule has 0 fully saturated rings. The van der Waals surface area contributed by atoms with Gasteiger partial charge in [0.1, 0.15) is 5.52 Å². The van der Waals surface area contributed by atoms with Crippen LogP contribution in [0.2, 0.25) is 0 Å². The lowest BCUT2D eigenvalue weighted by Crippen LogP contribution is -2.04. The number of hydrogen-bond donors (Lipinski definition) is 1. The second-order valence-corrected chi connectivity index (χ2v) is 5.50. The molecular formula is C15H22N2O. The lowest BCUT2D eigenvalue weighted by molar-refractivity contribution is 0.501. The van der Waals surface area contributed by atoms with Gasteiger partial charge >= 0.3 is 0 Å². The number of hydrogen-bond acceptors (Lipinski definition) is 3. The van der Waals surface area contributed by atoms with Crippen molar-refractivity contribution in [2.24, 2.45) is 5.92 Å². The van der Waals surface area contributed by atoms with Crippen LogP contribution in [0, 0.1) is 5.92 Å². The standard InChI is InChI=1S/C15H22N2O/c1-10(2)7-8-16-12-5-6-14-13(9-12)17-15(18-14)11(3)4/h5-6,9-11,16H,7-8H2,1-4H3. The zero-order valence-corrected chi connectivity index (χ0v) is 11.7. The maximum Gasteiger partial charge on any atom is 0.198 e. The predicted octanol–water partition coefficient (Wildman–Crippen LogP) is 4.41. The molecule has 0 bridgehead atoms. The molecule has 3 heteroatoms. The van der Waals surface area contributed by atoms with E-state index in [9.17, 15) is 0 Å². The van der Waals surface area contributed by atoms with Gasteiger partial charge in [-0.2, -0.15) is 0 Å². The zero-order chi connectivity index (χ0) is 13.1. The highest BCUT2D eigenvalue weighted by atomic mass is 16.3. The summed E-state index contributed by atoms with van der Waals surface area (Å²) in [5.41, 5.74) is 2.92. The largest absolute Gasteiger partial charge is 0.440 e. The van der Waals surface area contributed by atoms with Gasteiger partial charge in [0, 0.05) is 18.2 Å². The quantitative estimate of drug-likeness (QED) is 0.849. The third-order valence-corrected chi connectivity index (χ3v) is 2.95. The van der Waals surface area contributed by atoms with Crippen LogP contribution in [0.3, 0.4) is 0 Å². The van der Waals surface area contributed by atoms with Crippen LogP contribution in [0.1, 0.15) is 45.9 Å². The summed E-state index contributed by atoms with van der Waals surface area (Å²) in [7, 11) is 0. The Hall–Kier alpha value is -1.51. The number of aromatic nitrogens is 1. The van der Waals surface area contributed by atoms with E-state index in [1.807, 2.05) is 6.07 Å². The van der Waals surface area contributed by atoms with E-state index in [0.717, 1.165) is 35.1 Å². The molecule has 0 atom stereocenters. The Kier molecular flexibility index (Phi) is 3.90. The summed E-state index contributed by atoms with van der Waals surface area (Å²) in [6.45, 7) is 9.64. The predicted molar refractivity (Wildman–Crippen MR) is 76.0 cm³/mol. The van der Waals surface area contributed by atoms with Crippen LogP contribution in [-0.2, 0) is 0 Å². The van der Waals surface area contributed by atoms with E-state index in [1.165, 1.54) is 6.42 Å². The SMILES string of the molecule is CC(C)CCNc1ccc2oc(C(C)C)nc2c1. The second kappa shape index (κ2) is 5.42. The van der Waals surface area contributed by atoms with Gasteiger partial charge in [-0.05, 0) is 30.5 Å². The van der Waals surface area contributed by atoms with Crippen LogP contribution < -0.4 is 5.32 Å². The van der Waals surface area contributed by atoms with Gasteiger partial charge in [-0.3, -0.25) is 0 Å². The highest BCUT2D eigenvalue weighted by Crippen LogP contribution is 2.23. The molecule has 98 valence electrons. The normalized spacial score (nSPS) is 11.7. The van der Waals surface area contributed by atoms with Crippen molar-refractivity contribution >= 4 is 16.8 Å². The van der Waals surface area contributed by atoms with Gasteiger partial charge in [0.2, 0.25) is 0 Å². The van der Waals surface area contributed by atoms with Crippen LogP contribution in [0.5, 0.6) is 0 Å². The Labute approximate surface area is 109 Å². The molecule has 3 nitrogen and oxygen atoms in total. The van der Waals surface area contributed by atoms with Crippen LogP contribution >= 0.6 is 0 Å². The minimum absolute atomic E-state index is 0.328. The van der Waals surface area contributed by atoms with E-state index < -0.39 is 0 Å². The number of nitrogens with one attached hydrogen (secondary N) is 1. The molecule has 0 saturated heterocycles. The van der Waals surface area contributed by atoms with Gasteiger partial charge in [-0.1, -0.05) is 27.7 Å². The Balaban J connectivity index is 2.11. The van der Waals surface area contributed by atoms with Gasteiger partial charge < -0.3 is 9.73 Å². The molecule has 0 aliphatic carbocycles. The molecule has 1 heterocycles. The van der Waals surface area contributed by atoms with Crippen LogP contribution in [0.4, 0.5) is 5.69 Å². The molecule has 1 aromatic heterocycles. The topological polar surface area (TPSA) is 38.1 Å². The third kappa shape index (κ3) is 3.03. The van der Waals surface area contributed by atoms with Gasteiger partial charge in [-0.25, -0.2) is 4.98 Å². The summed E-state index contributed by atoms with van der Waals surface area (Å²) < 4.78 is 5.69. The molecule has 0 unspecified atom stereocenters. The summed E-state index contributed by atoms with van der Waals surface area (Å²) in [6.07, 6.45) is 1.17. The summed E-state index contributed by atoms with van der Waals surface area (Å²) in [5.74, 6) is 1.86. The Morgan fingerprint density at radius 1 is 1.22 bits per heavy atom. The molecule has 0 saturated carbocycles. The van der Waals surface area contributed by atoms with E-state index in [2.05, 4.69) is 50.1 Å². The van der Waals surface area contributed by atoms with Gasteiger partial charge in [0.05, 0.1) is 0 Å². The minimum Gasteiger partial charge on any atom is -0.440 e. The molecule has 2 aromatic rings. The minimum atomic E-state index is 0.328. The molecule has 0 amide bonds. The first kappa shape index (κ1) is 12.9. The fourth-order valence-corrected chi connectivity index (χ4v) is 1.81. The number of fused-ring (bicyclic) bond motifs is 1. The zero-order valence-electron chi connectivity index (χ0n) is 11.7. The Morgan fingerprint density at radius 3 is 2.67 bits per heavy atom. The molecule has 0 aliphatic rings. The Bertz CT molecular complexity index is 514. The fraction of sp³-hybridized carbons (Fsp3) is 0.533. The third-order valence-electron chi connectivity index (χ3n) is 2.95. The molecule has 0 radical (unpaired) electrons. The smallest absolute Gasteiger partial charge is 0.198 e. The molecule has 1 aromatic carbocycles. The first-order valence-electron chi connectivity index (χ1n) is 6.70. The van der Waals surface area contributed by atoms with E-state index >= 15 is 0 Å². The van der Waals surface area contributed by atoms with E-state index in [4.69, 9.17) is 4.42 Å². The summed E-state index contributed by atoms with van der Waals surface area (Å²) >= 11 is 0. The van der Waals surface area contributed by atoms with Crippen molar-refractivity contribution in [3.8, 4) is 0 Å². The van der Waals surface area contributed by atoms with Crippen LogP contribution in [-0.4, -0.2) is 11.5 Å². The van der Waals surface area contributed by atoms with E-state index in [1.54, 1.807) is 0 Å². The Morgan fingerprint density at radius 2 is 2.00 bits per heavy atom. The molecule has 1 N–H and O–H groups in total. The van der Waals surface area contributed by atoms with Crippen molar-refractivity contribution in [2.45, 2.75) is 40.0 Å². The van der Waals surface area contributed by atoms with Crippen molar-refractivity contribution in [2.75, 3.05) is 11.9 Å². The number of benzene rings is 1. The molecule has 18 heavy (non-hydrogen) atoms. The lowest BCUT2D eigenvalue weighted by Gasteiger charge is -2.07. The first-order valence-corrected chi connectivity index (χ1v) is 6.70. The van der Waals surface area contributed by atoms with Gasteiger partial charge in [0.15, 0.2) is 11.5 Å². The highest BCUT2D eigenvalue weighted by Gasteiger charge is 2.09. The number of rotatable bonds is 5. The van der Waals surface area contributed by atoms with E-state index in [0.29, 0.717) is 5.92 Å².